The summed E-state index contributed by atoms with van der Waals surface area (Å²) in [7, 11) is 0. The van der Waals surface area contributed by atoms with Gasteiger partial charge < -0.3 is 4.90 Å². The van der Waals surface area contributed by atoms with Crippen molar-refractivity contribution in [3.63, 3.8) is 0 Å². The first-order valence-corrected chi connectivity index (χ1v) is 23.1. The van der Waals surface area contributed by atoms with Crippen LogP contribution in [0.15, 0.2) is 273 Å². The van der Waals surface area contributed by atoms with Gasteiger partial charge in [0.1, 0.15) is 0 Å². The van der Waals surface area contributed by atoms with Crippen LogP contribution in [0.1, 0.15) is 0 Å². The molecule has 0 aliphatic rings. The molecule has 0 heterocycles. The van der Waals surface area contributed by atoms with Gasteiger partial charge in [-0.3, -0.25) is 0 Å². The second-order valence-corrected chi connectivity index (χ2v) is 17.2. The van der Waals surface area contributed by atoms with Gasteiger partial charge in [0.25, 0.3) is 0 Å². The molecule has 0 spiro atoms. The van der Waals surface area contributed by atoms with Gasteiger partial charge in [0.2, 0.25) is 0 Å². The molecule has 0 bridgehead atoms. The lowest BCUT2D eigenvalue weighted by Crippen LogP contribution is -2.10. The van der Waals surface area contributed by atoms with E-state index in [-0.39, 0.29) is 0 Å². The average molecular weight is 852 g/mol. The number of nitrogens with zero attached hydrogens (tertiary/aromatic N) is 1. The van der Waals surface area contributed by atoms with Crippen molar-refractivity contribution in [3.8, 4) is 66.8 Å². The summed E-state index contributed by atoms with van der Waals surface area (Å²) in [5, 5.41) is 7.55. The fraction of sp³-hybridized carbons (Fsp3) is 0. The number of anilines is 3. The van der Waals surface area contributed by atoms with Gasteiger partial charge in [0.05, 0.1) is 0 Å². The summed E-state index contributed by atoms with van der Waals surface area (Å²) >= 11 is 0. The van der Waals surface area contributed by atoms with E-state index in [2.05, 4.69) is 278 Å². The average Bonchev–Trinajstić information content (AvgIpc) is 3.41. The molecule has 12 aromatic rings. The molecular formula is C66H45N. The largest absolute Gasteiger partial charge is 0.310 e. The van der Waals surface area contributed by atoms with E-state index in [1.54, 1.807) is 0 Å². The molecule has 0 radical (unpaired) electrons. The van der Waals surface area contributed by atoms with Crippen LogP contribution in [0.2, 0.25) is 0 Å². The van der Waals surface area contributed by atoms with Gasteiger partial charge in [-0.2, -0.15) is 0 Å². The van der Waals surface area contributed by atoms with Crippen LogP contribution in [-0.4, -0.2) is 0 Å². The Bertz CT molecular complexity index is 3730. The quantitative estimate of drug-likeness (QED) is 0.131. The zero-order valence-corrected chi connectivity index (χ0v) is 36.9. The fourth-order valence-corrected chi connectivity index (χ4v) is 10.0. The molecule has 12 aromatic carbocycles. The minimum Gasteiger partial charge on any atom is -0.310 e. The van der Waals surface area contributed by atoms with Crippen LogP contribution < -0.4 is 4.90 Å². The number of benzene rings is 12. The van der Waals surface area contributed by atoms with Crippen molar-refractivity contribution in [1.82, 2.24) is 0 Å². The normalized spacial score (nSPS) is 11.3. The van der Waals surface area contributed by atoms with Crippen molar-refractivity contribution in [1.29, 1.82) is 0 Å². The maximum absolute atomic E-state index is 2.39. The molecule has 0 amide bonds. The standard InChI is InChI=1S/C66H45N/c1-2-16-47(17-3-1)59-25-8-10-27-63(59)65-29-12-13-30-66(65)64-28-11-9-26-60(64)50-36-41-55(42-37-50)67(56-22-14-21-52(45-56)61-31-15-20-48-18-4-6-23-57(48)61)54-39-34-46(35-40-54)51-38-43-62-53(44-51)33-32-49-19-5-7-24-58(49)62/h1-45H. The van der Waals surface area contributed by atoms with Gasteiger partial charge in [0.15, 0.2) is 0 Å². The van der Waals surface area contributed by atoms with Gasteiger partial charge in [-0.1, -0.05) is 231 Å². The van der Waals surface area contributed by atoms with Crippen LogP contribution in [0.3, 0.4) is 0 Å². The molecule has 1 heteroatoms. The lowest BCUT2D eigenvalue weighted by Gasteiger charge is -2.27. The third-order valence-corrected chi connectivity index (χ3v) is 13.3. The Kier molecular flexibility index (Phi) is 10.3. The SMILES string of the molecule is c1ccc(-c2ccccc2-c2ccccc2-c2ccccc2-c2ccc(N(c3ccc(-c4ccc5c(ccc6ccccc65)c4)cc3)c3cccc(-c4cccc5ccccc45)c3)cc2)cc1. The van der Waals surface area contributed by atoms with Crippen LogP contribution in [0.4, 0.5) is 17.1 Å². The fourth-order valence-electron chi connectivity index (χ4n) is 10.0. The molecule has 0 aliphatic carbocycles. The molecule has 0 saturated carbocycles. The van der Waals surface area contributed by atoms with Crippen molar-refractivity contribution in [2.75, 3.05) is 4.90 Å². The highest BCUT2D eigenvalue weighted by Gasteiger charge is 2.18. The summed E-state index contributed by atoms with van der Waals surface area (Å²) in [4.78, 5) is 2.39. The Morgan fingerprint density at radius 3 is 1.25 bits per heavy atom. The highest BCUT2D eigenvalue weighted by atomic mass is 15.1. The van der Waals surface area contributed by atoms with E-state index in [1.807, 2.05) is 0 Å². The van der Waals surface area contributed by atoms with E-state index in [0.717, 1.165) is 22.6 Å². The van der Waals surface area contributed by atoms with Gasteiger partial charge in [0, 0.05) is 17.1 Å². The maximum atomic E-state index is 2.39. The lowest BCUT2D eigenvalue weighted by atomic mass is 9.87. The Hall–Kier alpha value is -8.78. The predicted molar refractivity (Wildman–Crippen MR) is 286 cm³/mol. The highest BCUT2D eigenvalue weighted by Crippen LogP contribution is 2.44. The molecule has 0 saturated heterocycles. The van der Waals surface area contributed by atoms with Crippen LogP contribution in [-0.2, 0) is 0 Å². The van der Waals surface area contributed by atoms with E-state index < -0.39 is 0 Å². The van der Waals surface area contributed by atoms with Crippen LogP contribution in [0.25, 0.3) is 99.1 Å². The van der Waals surface area contributed by atoms with Crippen molar-refractivity contribution >= 4 is 49.4 Å². The Morgan fingerprint density at radius 2 is 0.597 bits per heavy atom. The first kappa shape index (κ1) is 39.8. The van der Waals surface area contributed by atoms with E-state index in [9.17, 15) is 0 Å². The predicted octanol–water partition coefficient (Wildman–Crippen LogP) is 18.6. The molecule has 0 aromatic heterocycles. The minimum absolute atomic E-state index is 1.08. The number of rotatable bonds is 9. The molecule has 0 fully saturated rings. The third-order valence-electron chi connectivity index (χ3n) is 13.3. The van der Waals surface area contributed by atoms with Crippen LogP contribution in [0.5, 0.6) is 0 Å². The third kappa shape index (κ3) is 7.53. The van der Waals surface area contributed by atoms with E-state index in [1.165, 1.54) is 93.5 Å². The topological polar surface area (TPSA) is 3.24 Å². The second-order valence-electron chi connectivity index (χ2n) is 17.2. The Balaban J connectivity index is 0.942. The Labute approximate surface area is 392 Å². The monoisotopic (exact) mass is 851 g/mol. The summed E-state index contributed by atoms with van der Waals surface area (Å²) in [6, 6.07) is 99.4. The van der Waals surface area contributed by atoms with E-state index >= 15 is 0 Å². The molecule has 314 valence electrons. The number of fused-ring (bicyclic) bond motifs is 4. The zero-order valence-electron chi connectivity index (χ0n) is 36.9. The van der Waals surface area contributed by atoms with Gasteiger partial charge in [-0.15, -0.1) is 0 Å². The van der Waals surface area contributed by atoms with Gasteiger partial charge in [-0.25, -0.2) is 0 Å². The maximum Gasteiger partial charge on any atom is 0.0467 e. The van der Waals surface area contributed by atoms with Crippen molar-refractivity contribution in [2.24, 2.45) is 0 Å². The molecule has 67 heavy (non-hydrogen) atoms. The lowest BCUT2D eigenvalue weighted by molar-refractivity contribution is 1.28. The molecule has 0 N–H and O–H groups in total. The van der Waals surface area contributed by atoms with Crippen LogP contribution in [0, 0.1) is 0 Å². The van der Waals surface area contributed by atoms with E-state index in [4.69, 9.17) is 0 Å². The molecule has 0 atom stereocenters. The molecular weight excluding hydrogens is 807 g/mol. The van der Waals surface area contributed by atoms with Crippen molar-refractivity contribution in [3.05, 3.63) is 273 Å². The van der Waals surface area contributed by atoms with Crippen molar-refractivity contribution < 1.29 is 0 Å². The molecule has 12 rings (SSSR count). The van der Waals surface area contributed by atoms with Gasteiger partial charge in [-0.05, 0) is 142 Å². The zero-order chi connectivity index (χ0) is 44.5. The first-order chi connectivity index (χ1) is 33.2. The smallest absolute Gasteiger partial charge is 0.0467 e. The molecule has 0 aliphatic heterocycles. The summed E-state index contributed by atoms with van der Waals surface area (Å²) in [5.41, 5.74) is 17.7. The summed E-state index contributed by atoms with van der Waals surface area (Å²) in [6.07, 6.45) is 0. The summed E-state index contributed by atoms with van der Waals surface area (Å²) in [6.45, 7) is 0. The summed E-state index contributed by atoms with van der Waals surface area (Å²) in [5.74, 6) is 0. The van der Waals surface area contributed by atoms with Gasteiger partial charge >= 0.3 is 0 Å². The van der Waals surface area contributed by atoms with Crippen molar-refractivity contribution in [2.45, 2.75) is 0 Å². The molecule has 1 nitrogen and oxygen atoms in total. The summed E-state index contributed by atoms with van der Waals surface area (Å²) < 4.78 is 0. The molecule has 0 unspecified atom stereocenters. The number of hydrogen-bond donors (Lipinski definition) is 0. The Morgan fingerprint density at radius 1 is 0.179 bits per heavy atom. The first-order valence-electron chi connectivity index (χ1n) is 23.1. The minimum atomic E-state index is 1.08. The van der Waals surface area contributed by atoms with Crippen LogP contribution >= 0.6 is 0 Å². The highest BCUT2D eigenvalue weighted by molar-refractivity contribution is 6.08. The number of hydrogen-bond acceptors (Lipinski definition) is 1. The van der Waals surface area contributed by atoms with E-state index in [0.29, 0.717) is 0 Å². The second kappa shape index (κ2) is 17.3.